The molecule has 2 unspecified atom stereocenters. The molecule has 3 saturated heterocycles. The van der Waals surface area contributed by atoms with Gasteiger partial charge < -0.3 is 94.1 Å². The van der Waals surface area contributed by atoms with Gasteiger partial charge in [-0.1, -0.05) is 41.0 Å². The molecule has 378 valence electrons. The van der Waals surface area contributed by atoms with Gasteiger partial charge in [-0.15, -0.1) is 0 Å². The first-order valence-corrected chi connectivity index (χ1v) is 24.0. The summed E-state index contributed by atoms with van der Waals surface area (Å²) in [4.78, 5) is 0. The monoisotopic (exact) mass is 937 g/mol. The number of rotatable bonds is 15. The average Bonchev–Trinajstić information content (AvgIpc) is 3.46. The van der Waals surface area contributed by atoms with E-state index in [1.807, 2.05) is 6.92 Å². The van der Waals surface area contributed by atoms with Crippen LogP contribution in [0.5, 0.6) is 0 Å². The third-order valence-corrected chi connectivity index (χ3v) is 17.6. The summed E-state index contributed by atoms with van der Waals surface area (Å²) in [6.07, 6.45) is -15.5. The fourth-order valence-corrected chi connectivity index (χ4v) is 14.3. The number of aliphatic hydroxyl groups is 11. The van der Waals surface area contributed by atoms with Crippen LogP contribution in [-0.4, -0.2) is 207 Å². The summed E-state index contributed by atoms with van der Waals surface area (Å²) >= 11 is 0. The summed E-state index contributed by atoms with van der Waals surface area (Å²) in [6.45, 7) is 10.1. The lowest BCUT2D eigenvalue weighted by molar-refractivity contribution is -0.351. The zero-order valence-corrected chi connectivity index (χ0v) is 39.0. The van der Waals surface area contributed by atoms with E-state index in [9.17, 15) is 56.2 Å². The van der Waals surface area contributed by atoms with Crippen LogP contribution in [0, 0.1) is 52.3 Å². The smallest absolute Gasteiger partial charge is 0.186 e. The Morgan fingerprint density at radius 3 is 1.85 bits per heavy atom. The van der Waals surface area contributed by atoms with Crippen molar-refractivity contribution in [1.82, 2.24) is 0 Å². The number of hydrogen-bond donors (Lipinski definition) is 11. The third-order valence-electron chi connectivity index (χ3n) is 17.6. The van der Waals surface area contributed by atoms with Crippen molar-refractivity contribution in [2.75, 3.05) is 40.6 Å². The summed E-state index contributed by atoms with van der Waals surface area (Å²) < 4.78 is 45.5. The zero-order chi connectivity index (χ0) is 47.5. The minimum absolute atomic E-state index is 0.0299. The largest absolute Gasteiger partial charge is 0.393 e. The molecular weight excluding hydrogens is 856 g/mol. The summed E-state index contributed by atoms with van der Waals surface area (Å²) in [6, 6.07) is 0. The van der Waals surface area contributed by atoms with Crippen LogP contribution in [0.4, 0.5) is 0 Å². The maximum Gasteiger partial charge on any atom is 0.186 e. The van der Waals surface area contributed by atoms with E-state index in [-0.39, 0.29) is 62.4 Å². The van der Waals surface area contributed by atoms with E-state index >= 15 is 0 Å². The van der Waals surface area contributed by atoms with Crippen LogP contribution in [0.3, 0.4) is 0 Å². The zero-order valence-electron chi connectivity index (χ0n) is 39.0. The van der Waals surface area contributed by atoms with Crippen LogP contribution >= 0.6 is 0 Å². The number of hydrogen-bond acceptors (Lipinski definition) is 19. The number of ether oxygens (including phenoxy) is 8. The van der Waals surface area contributed by atoms with Crippen LogP contribution in [-0.2, 0) is 37.9 Å². The second-order valence-electron chi connectivity index (χ2n) is 21.6. The predicted molar refractivity (Wildman–Crippen MR) is 226 cm³/mol. The first kappa shape index (κ1) is 52.1. The van der Waals surface area contributed by atoms with Crippen molar-refractivity contribution in [3.05, 3.63) is 0 Å². The molecule has 0 aromatic rings. The van der Waals surface area contributed by atoms with Gasteiger partial charge in [0.05, 0.1) is 62.5 Å². The van der Waals surface area contributed by atoms with Crippen LogP contribution in [0.15, 0.2) is 0 Å². The van der Waals surface area contributed by atoms with Crippen molar-refractivity contribution in [3.8, 4) is 0 Å². The standard InChI is InChI=1S/C46H80O19/c1-20(2)22(9-8-21(3)29-33(52)34(53)40-45(29,5)14-11-28-44(4)13-10-23(47)31(50)30(44)24(48)16-46(28,40)57)12-15-60-41-35(54)32(51)26(18-62-41)64-43-37(56)39(59-7)27(19-63-43)65-42-36(55)38(58-6)25(49)17-61-42/h20-43,47-57H,8-19H2,1-7H3/t21-,22-,23+,24+,25-,26-,27-,28?,29+,30?,31+,32+,33-,34-,35-,36-,37-,38+,39+,40-,41-,42+,43+,44-,45-,46+/m1/s1. The lowest BCUT2D eigenvalue weighted by Gasteiger charge is -2.66. The normalized spacial score (nSPS) is 52.4. The first-order chi connectivity index (χ1) is 30.6. The van der Waals surface area contributed by atoms with Gasteiger partial charge in [0, 0.05) is 32.5 Å². The van der Waals surface area contributed by atoms with Crippen molar-refractivity contribution in [2.24, 2.45) is 52.3 Å². The quantitative estimate of drug-likeness (QED) is 0.0917. The Kier molecular flexibility index (Phi) is 16.4. The van der Waals surface area contributed by atoms with Crippen LogP contribution in [0.2, 0.25) is 0 Å². The Hall–Kier alpha value is -0.760. The van der Waals surface area contributed by atoms with Gasteiger partial charge in [0.1, 0.15) is 54.9 Å². The highest BCUT2D eigenvalue weighted by Crippen LogP contribution is 2.70. The van der Waals surface area contributed by atoms with Gasteiger partial charge in [0.2, 0.25) is 0 Å². The Bertz CT molecular complexity index is 1550. The Labute approximate surface area is 382 Å². The summed E-state index contributed by atoms with van der Waals surface area (Å²) in [7, 11) is 2.70. The van der Waals surface area contributed by atoms with E-state index in [2.05, 4.69) is 27.7 Å². The van der Waals surface area contributed by atoms with Gasteiger partial charge in [0.15, 0.2) is 18.9 Å². The first-order valence-electron chi connectivity index (χ1n) is 24.0. The fourth-order valence-electron chi connectivity index (χ4n) is 14.3. The van der Waals surface area contributed by atoms with Gasteiger partial charge in [-0.3, -0.25) is 0 Å². The molecule has 4 aliphatic carbocycles. The van der Waals surface area contributed by atoms with E-state index in [4.69, 9.17) is 37.9 Å². The number of methoxy groups -OCH3 is 2. The number of aliphatic hydroxyl groups excluding tert-OH is 10. The molecular formula is C46H80O19. The highest BCUT2D eigenvalue weighted by atomic mass is 16.8. The third kappa shape index (κ3) is 9.47. The lowest BCUT2D eigenvalue weighted by atomic mass is 9.41. The van der Waals surface area contributed by atoms with E-state index in [1.165, 1.54) is 14.2 Å². The van der Waals surface area contributed by atoms with E-state index in [0.717, 1.165) is 12.8 Å². The minimum atomic E-state index is -1.49. The molecule has 0 radical (unpaired) electrons. The number of fused-ring (bicyclic) bond motifs is 5. The molecule has 3 aliphatic heterocycles. The van der Waals surface area contributed by atoms with Crippen molar-refractivity contribution < 1.29 is 94.1 Å². The second kappa shape index (κ2) is 20.5. The molecule has 65 heavy (non-hydrogen) atoms. The van der Waals surface area contributed by atoms with Gasteiger partial charge in [0.25, 0.3) is 0 Å². The molecule has 0 spiro atoms. The van der Waals surface area contributed by atoms with Gasteiger partial charge in [-0.25, -0.2) is 0 Å². The van der Waals surface area contributed by atoms with E-state index in [1.54, 1.807) is 0 Å². The molecule has 7 aliphatic rings. The maximum atomic E-state index is 12.7. The van der Waals surface area contributed by atoms with Crippen LogP contribution in [0.1, 0.15) is 86.0 Å². The molecule has 7 rings (SSSR count). The molecule has 0 aromatic heterocycles. The van der Waals surface area contributed by atoms with Crippen molar-refractivity contribution in [3.63, 3.8) is 0 Å². The lowest BCUT2D eigenvalue weighted by Crippen LogP contribution is -2.71. The molecule has 4 saturated carbocycles. The van der Waals surface area contributed by atoms with Gasteiger partial charge in [-0.05, 0) is 78.9 Å². The topological polar surface area (TPSA) is 296 Å². The Balaban J connectivity index is 0.893. The van der Waals surface area contributed by atoms with Crippen molar-refractivity contribution in [1.29, 1.82) is 0 Å². The molecule has 11 N–H and O–H groups in total. The molecule has 26 atom stereocenters. The van der Waals surface area contributed by atoms with E-state index < -0.39 is 133 Å². The molecule has 3 heterocycles. The summed E-state index contributed by atoms with van der Waals surface area (Å²) in [5.74, 6) is -1.52. The molecule has 0 amide bonds. The average molecular weight is 937 g/mol. The maximum absolute atomic E-state index is 12.7. The van der Waals surface area contributed by atoms with Gasteiger partial charge >= 0.3 is 0 Å². The minimum Gasteiger partial charge on any atom is -0.393 e. The van der Waals surface area contributed by atoms with E-state index in [0.29, 0.717) is 32.1 Å². The molecule has 0 aromatic carbocycles. The molecule has 0 bridgehead atoms. The van der Waals surface area contributed by atoms with Crippen LogP contribution in [0.25, 0.3) is 0 Å². The summed E-state index contributed by atoms with van der Waals surface area (Å²) in [5, 5.41) is 123. The van der Waals surface area contributed by atoms with Crippen molar-refractivity contribution >= 4 is 0 Å². The predicted octanol–water partition coefficient (Wildman–Crippen LogP) is -1.23. The summed E-state index contributed by atoms with van der Waals surface area (Å²) in [5.41, 5.74) is -2.73. The van der Waals surface area contributed by atoms with Gasteiger partial charge in [-0.2, -0.15) is 0 Å². The highest BCUT2D eigenvalue weighted by molar-refractivity contribution is 5.22. The molecule has 19 nitrogen and oxygen atoms in total. The fraction of sp³-hybridized carbons (Fsp3) is 1.00. The second-order valence-corrected chi connectivity index (χ2v) is 21.6. The molecule has 19 heteroatoms. The highest BCUT2D eigenvalue weighted by Gasteiger charge is 2.73. The Morgan fingerprint density at radius 1 is 0.585 bits per heavy atom. The Morgan fingerprint density at radius 2 is 1.18 bits per heavy atom. The van der Waals surface area contributed by atoms with Crippen LogP contribution < -0.4 is 0 Å². The van der Waals surface area contributed by atoms with Crippen molar-refractivity contribution in [2.45, 2.75) is 196 Å². The molecule has 7 fully saturated rings. The SMILES string of the molecule is CO[C@@H]1[C@@H](O)[C@H](O[C@@H]2CO[C@@H](O[C@@H]3CO[C@@H](OCC[C@@H](CC[C@@H](C)[C@H]4[C@@H](O)[C@@H](O)[C@@H]5[C@]4(C)CCC4[C@@]6(C)CC[C@H](O)[C@H](O)C6[C@@H](O)C[C@]45O)C(C)C)[C@H](O)[C@H]3O)[C@H](O)[C@H]2OC)OC[C@H]1O.